The fourth-order valence-electron chi connectivity index (χ4n) is 3.60. The Morgan fingerprint density at radius 1 is 1.21 bits per heavy atom. The summed E-state index contributed by atoms with van der Waals surface area (Å²) in [5.74, 6) is -0.492. The van der Waals surface area contributed by atoms with Crippen LogP contribution in [0.1, 0.15) is 34.3 Å². The first-order chi connectivity index (χ1) is 13.5. The van der Waals surface area contributed by atoms with Crippen molar-refractivity contribution in [2.45, 2.75) is 26.3 Å². The third-order valence-corrected chi connectivity index (χ3v) is 5.44. The average molecular weight is 401 g/mol. The molecule has 0 spiro atoms. The van der Waals surface area contributed by atoms with Crippen LogP contribution in [-0.4, -0.2) is 37.0 Å². The lowest BCUT2D eigenvalue weighted by atomic mass is 9.96. The predicted molar refractivity (Wildman–Crippen MR) is 111 cm³/mol. The van der Waals surface area contributed by atoms with Crippen LogP contribution in [0.2, 0.25) is 5.02 Å². The number of benzene rings is 2. The highest BCUT2D eigenvalue weighted by atomic mass is 35.5. The van der Waals surface area contributed by atoms with E-state index in [1.807, 2.05) is 37.3 Å². The molecular weight excluding hydrogens is 376 g/mol. The van der Waals surface area contributed by atoms with Gasteiger partial charge in [-0.05, 0) is 61.7 Å². The summed E-state index contributed by atoms with van der Waals surface area (Å²) in [5.41, 5.74) is 3.03. The first-order valence-corrected chi connectivity index (χ1v) is 9.81. The summed E-state index contributed by atoms with van der Waals surface area (Å²) >= 11 is 5.95. The van der Waals surface area contributed by atoms with Crippen molar-refractivity contribution in [1.82, 2.24) is 4.90 Å². The number of esters is 1. The monoisotopic (exact) mass is 400 g/mol. The Hall–Kier alpha value is -2.37. The Kier molecular flexibility index (Phi) is 6.70. The number of amides is 1. The molecule has 148 valence electrons. The van der Waals surface area contributed by atoms with Gasteiger partial charge in [0.1, 0.15) is 0 Å². The molecule has 2 aromatic rings. The quantitative estimate of drug-likeness (QED) is 0.761. The number of hydrogen-bond acceptors (Lipinski definition) is 4. The molecule has 0 radical (unpaired) electrons. The molecule has 6 heteroatoms. The highest BCUT2D eigenvalue weighted by molar-refractivity contribution is 6.30. The van der Waals surface area contributed by atoms with Gasteiger partial charge >= 0.3 is 5.97 Å². The number of nitrogens with one attached hydrogen (secondary N) is 1. The van der Waals surface area contributed by atoms with Gasteiger partial charge in [0.2, 0.25) is 5.91 Å². The second kappa shape index (κ2) is 9.22. The molecule has 1 unspecified atom stereocenters. The van der Waals surface area contributed by atoms with Crippen LogP contribution in [0.5, 0.6) is 0 Å². The molecule has 1 atom stereocenters. The molecule has 1 amide bonds. The van der Waals surface area contributed by atoms with Gasteiger partial charge in [0.05, 0.1) is 18.6 Å². The van der Waals surface area contributed by atoms with Crippen molar-refractivity contribution in [1.29, 1.82) is 0 Å². The molecular formula is C22H25ClN2O3. The van der Waals surface area contributed by atoms with Gasteiger partial charge in [-0.15, -0.1) is 0 Å². The van der Waals surface area contributed by atoms with E-state index in [9.17, 15) is 9.59 Å². The topological polar surface area (TPSA) is 58.6 Å². The number of anilines is 1. The van der Waals surface area contributed by atoms with Crippen LogP contribution in [0.15, 0.2) is 42.5 Å². The Morgan fingerprint density at radius 2 is 1.96 bits per heavy atom. The molecule has 0 aliphatic carbocycles. The van der Waals surface area contributed by atoms with Gasteiger partial charge in [0.25, 0.3) is 0 Å². The van der Waals surface area contributed by atoms with E-state index in [4.69, 9.17) is 16.3 Å². The van der Waals surface area contributed by atoms with Crippen LogP contribution in [0, 0.1) is 12.8 Å². The zero-order chi connectivity index (χ0) is 20.1. The summed E-state index contributed by atoms with van der Waals surface area (Å²) in [6.07, 6.45) is 1.84. The maximum Gasteiger partial charge on any atom is 0.338 e. The Morgan fingerprint density at radius 3 is 2.68 bits per heavy atom. The number of carbonyl (C=O) groups excluding carboxylic acids is 2. The highest BCUT2D eigenvalue weighted by Crippen LogP contribution is 2.24. The SMILES string of the molecule is COC(=O)c1cccc(NC(=O)C2CCCN(Cc3ccc(Cl)cc3)C2)c1C. The molecule has 1 aliphatic heterocycles. The first-order valence-electron chi connectivity index (χ1n) is 9.43. The third-order valence-electron chi connectivity index (χ3n) is 5.19. The Balaban J connectivity index is 1.64. The second-order valence-corrected chi connectivity index (χ2v) is 7.60. The zero-order valence-electron chi connectivity index (χ0n) is 16.2. The minimum atomic E-state index is -0.402. The van der Waals surface area contributed by atoms with Crippen molar-refractivity contribution >= 4 is 29.2 Å². The van der Waals surface area contributed by atoms with E-state index < -0.39 is 5.97 Å². The van der Waals surface area contributed by atoms with Crippen LogP contribution in [0.3, 0.4) is 0 Å². The highest BCUT2D eigenvalue weighted by Gasteiger charge is 2.26. The normalized spacial score (nSPS) is 17.2. The van der Waals surface area contributed by atoms with E-state index >= 15 is 0 Å². The number of nitrogens with zero attached hydrogens (tertiary/aromatic N) is 1. The minimum Gasteiger partial charge on any atom is -0.465 e. The van der Waals surface area contributed by atoms with Crippen molar-refractivity contribution in [2.75, 3.05) is 25.5 Å². The predicted octanol–water partition coefficient (Wildman–Crippen LogP) is 4.29. The van der Waals surface area contributed by atoms with Gasteiger partial charge in [-0.3, -0.25) is 9.69 Å². The molecule has 3 rings (SSSR count). The van der Waals surface area contributed by atoms with Gasteiger partial charge in [0, 0.05) is 23.8 Å². The van der Waals surface area contributed by atoms with Crippen molar-refractivity contribution in [2.24, 2.45) is 5.92 Å². The van der Waals surface area contributed by atoms with Crippen LogP contribution in [0.25, 0.3) is 0 Å². The number of piperidine rings is 1. The van der Waals surface area contributed by atoms with E-state index in [1.54, 1.807) is 12.1 Å². The molecule has 28 heavy (non-hydrogen) atoms. The van der Waals surface area contributed by atoms with Crippen molar-refractivity contribution in [3.05, 3.63) is 64.2 Å². The molecule has 1 fully saturated rings. The fourth-order valence-corrected chi connectivity index (χ4v) is 3.72. The van der Waals surface area contributed by atoms with Gasteiger partial charge in [-0.25, -0.2) is 4.79 Å². The lowest BCUT2D eigenvalue weighted by Gasteiger charge is -2.32. The van der Waals surface area contributed by atoms with Crippen molar-refractivity contribution in [3.63, 3.8) is 0 Å². The maximum absolute atomic E-state index is 12.8. The van der Waals surface area contributed by atoms with Gasteiger partial charge < -0.3 is 10.1 Å². The van der Waals surface area contributed by atoms with Gasteiger partial charge in [0.15, 0.2) is 0 Å². The maximum atomic E-state index is 12.8. The number of methoxy groups -OCH3 is 1. The zero-order valence-corrected chi connectivity index (χ0v) is 17.0. The molecule has 1 heterocycles. The molecule has 2 aromatic carbocycles. The second-order valence-electron chi connectivity index (χ2n) is 7.16. The van der Waals surface area contributed by atoms with Crippen molar-refractivity contribution in [3.8, 4) is 0 Å². The van der Waals surface area contributed by atoms with Gasteiger partial charge in [-0.2, -0.15) is 0 Å². The lowest BCUT2D eigenvalue weighted by Crippen LogP contribution is -2.40. The van der Waals surface area contributed by atoms with Crippen molar-refractivity contribution < 1.29 is 14.3 Å². The third kappa shape index (κ3) is 4.91. The summed E-state index contributed by atoms with van der Waals surface area (Å²) in [5, 5.41) is 3.73. The van der Waals surface area contributed by atoms with Gasteiger partial charge in [-0.1, -0.05) is 29.8 Å². The summed E-state index contributed by atoms with van der Waals surface area (Å²) in [7, 11) is 1.35. The smallest absolute Gasteiger partial charge is 0.338 e. The number of likely N-dealkylation sites (tertiary alicyclic amines) is 1. The molecule has 0 aromatic heterocycles. The molecule has 5 nitrogen and oxygen atoms in total. The summed E-state index contributed by atoms with van der Waals surface area (Å²) in [6.45, 7) is 4.31. The minimum absolute atomic E-state index is 0.00841. The van der Waals surface area contributed by atoms with E-state index in [1.165, 1.54) is 12.7 Å². The standard InChI is InChI=1S/C22H25ClN2O3/c1-15-19(22(27)28-2)6-3-7-20(15)24-21(26)17-5-4-12-25(14-17)13-16-8-10-18(23)11-9-16/h3,6-11,17H,4-5,12-14H2,1-2H3,(H,24,26). The molecule has 0 saturated carbocycles. The molecule has 0 bridgehead atoms. The Labute approximate surface area is 170 Å². The van der Waals surface area contributed by atoms with E-state index in [2.05, 4.69) is 10.2 Å². The average Bonchev–Trinajstić information content (AvgIpc) is 2.71. The van der Waals surface area contributed by atoms with E-state index in [-0.39, 0.29) is 11.8 Å². The van der Waals surface area contributed by atoms with Crippen LogP contribution >= 0.6 is 11.6 Å². The van der Waals surface area contributed by atoms with E-state index in [0.29, 0.717) is 17.8 Å². The summed E-state index contributed by atoms with van der Waals surface area (Å²) in [4.78, 5) is 27.0. The van der Waals surface area contributed by atoms with E-state index in [0.717, 1.165) is 36.5 Å². The molecule has 1 N–H and O–H groups in total. The number of ether oxygens (including phenoxy) is 1. The summed E-state index contributed by atoms with van der Waals surface area (Å²) in [6, 6.07) is 13.1. The summed E-state index contributed by atoms with van der Waals surface area (Å²) < 4.78 is 4.80. The van der Waals surface area contributed by atoms with Crippen LogP contribution in [-0.2, 0) is 16.1 Å². The number of rotatable bonds is 5. The largest absolute Gasteiger partial charge is 0.465 e. The number of halogens is 1. The first kappa shape index (κ1) is 20.4. The molecule has 1 saturated heterocycles. The fraction of sp³-hybridized carbons (Fsp3) is 0.364. The number of hydrogen-bond donors (Lipinski definition) is 1. The molecule has 1 aliphatic rings. The Bertz CT molecular complexity index is 851. The lowest BCUT2D eigenvalue weighted by molar-refractivity contribution is -0.121. The number of carbonyl (C=O) groups is 2. The van der Waals surface area contributed by atoms with Crippen LogP contribution in [0.4, 0.5) is 5.69 Å². The van der Waals surface area contributed by atoms with Crippen LogP contribution < -0.4 is 5.32 Å².